The Hall–Kier alpha value is -2.11. The van der Waals surface area contributed by atoms with Crippen molar-refractivity contribution in [1.29, 1.82) is 0 Å². The average Bonchev–Trinajstić information content (AvgIpc) is 2.94. The van der Waals surface area contributed by atoms with Crippen LogP contribution in [0.1, 0.15) is 40.9 Å². The van der Waals surface area contributed by atoms with E-state index >= 15 is 0 Å². The molecule has 0 radical (unpaired) electrons. The van der Waals surface area contributed by atoms with Gasteiger partial charge in [-0.25, -0.2) is 0 Å². The van der Waals surface area contributed by atoms with E-state index in [1.807, 2.05) is 11.6 Å². The number of nitrogens with zero attached hydrogens (tertiary/aromatic N) is 2. The number of benzene rings is 1. The molecular weight excluding hydrogens is 372 g/mol. The maximum absolute atomic E-state index is 12.2. The summed E-state index contributed by atoms with van der Waals surface area (Å²) in [5.41, 5.74) is 7.19. The van der Waals surface area contributed by atoms with Crippen molar-refractivity contribution in [3.8, 4) is 0 Å². The van der Waals surface area contributed by atoms with Gasteiger partial charge in [0.05, 0.1) is 12.2 Å². The maximum atomic E-state index is 12.2. The molecule has 1 aliphatic heterocycles. The van der Waals surface area contributed by atoms with Crippen LogP contribution in [0.15, 0.2) is 35.9 Å². The zero-order valence-electron chi connectivity index (χ0n) is 17.0. The fourth-order valence-corrected chi connectivity index (χ4v) is 3.49. The molecule has 0 atom stereocenters. The van der Waals surface area contributed by atoms with Crippen LogP contribution in [-0.2, 0) is 17.8 Å². The van der Waals surface area contributed by atoms with Gasteiger partial charge in [0.2, 0.25) is 5.91 Å². The monoisotopic (exact) mass is 402 g/mol. The molecule has 0 aliphatic carbocycles. The van der Waals surface area contributed by atoms with Crippen molar-refractivity contribution in [2.75, 3.05) is 19.6 Å². The van der Waals surface area contributed by atoms with Gasteiger partial charge in [-0.2, -0.15) is 5.10 Å². The summed E-state index contributed by atoms with van der Waals surface area (Å²) in [6.45, 7) is 9.57. The van der Waals surface area contributed by atoms with Crippen LogP contribution in [0.5, 0.6) is 0 Å². The Morgan fingerprint density at radius 3 is 2.64 bits per heavy atom. The molecule has 28 heavy (non-hydrogen) atoms. The summed E-state index contributed by atoms with van der Waals surface area (Å²) in [7, 11) is 0. The van der Waals surface area contributed by atoms with Gasteiger partial charge in [0.1, 0.15) is 0 Å². The Kier molecular flexibility index (Phi) is 8.27. The second kappa shape index (κ2) is 10.4. The van der Waals surface area contributed by atoms with Crippen LogP contribution in [-0.4, -0.2) is 35.3 Å². The minimum atomic E-state index is 0. The first-order valence-electron chi connectivity index (χ1n) is 9.76. The van der Waals surface area contributed by atoms with Crippen molar-refractivity contribution in [2.45, 2.75) is 46.6 Å². The van der Waals surface area contributed by atoms with Crippen molar-refractivity contribution in [2.24, 2.45) is 0 Å². The Morgan fingerprint density at radius 2 is 1.96 bits per heavy atom. The van der Waals surface area contributed by atoms with E-state index in [1.54, 1.807) is 0 Å². The number of amides is 1. The molecule has 0 spiro atoms. The number of nitrogens with one attached hydrogen (secondary N) is 2. The van der Waals surface area contributed by atoms with E-state index in [-0.39, 0.29) is 18.3 Å². The van der Waals surface area contributed by atoms with E-state index in [1.165, 1.54) is 22.3 Å². The zero-order chi connectivity index (χ0) is 19.2. The molecule has 0 unspecified atom stereocenters. The molecule has 0 bridgehead atoms. The first-order chi connectivity index (χ1) is 13.0. The molecular formula is C22H31ClN4O. The summed E-state index contributed by atoms with van der Waals surface area (Å²) >= 11 is 0. The Morgan fingerprint density at radius 1 is 1.21 bits per heavy atom. The third-order valence-corrected chi connectivity index (χ3v) is 5.26. The number of rotatable bonds is 7. The summed E-state index contributed by atoms with van der Waals surface area (Å²) in [5.74, 6) is 0.111. The molecule has 2 aromatic rings. The third kappa shape index (κ3) is 5.94. The van der Waals surface area contributed by atoms with Crippen LogP contribution in [0.2, 0.25) is 0 Å². The maximum Gasteiger partial charge on any atom is 0.220 e. The van der Waals surface area contributed by atoms with Crippen LogP contribution < -0.4 is 10.6 Å². The molecule has 0 fully saturated rings. The number of hydrogen-bond donors (Lipinski definition) is 2. The van der Waals surface area contributed by atoms with Gasteiger partial charge < -0.3 is 10.6 Å². The summed E-state index contributed by atoms with van der Waals surface area (Å²) in [5, 5.41) is 11.0. The summed E-state index contributed by atoms with van der Waals surface area (Å²) in [4.78, 5) is 12.2. The number of halogens is 1. The largest absolute Gasteiger partial charge is 0.352 e. The Balaban J connectivity index is 0.00000280. The van der Waals surface area contributed by atoms with Crippen molar-refractivity contribution >= 4 is 18.3 Å². The smallest absolute Gasteiger partial charge is 0.220 e. The van der Waals surface area contributed by atoms with Crippen LogP contribution in [0.3, 0.4) is 0 Å². The van der Waals surface area contributed by atoms with Gasteiger partial charge in [-0.05, 0) is 51.3 Å². The van der Waals surface area contributed by atoms with Crippen molar-refractivity contribution in [3.05, 3.63) is 64.0 Å². The van der Waals surface area contributed by atoms with Crippen LogP contribution >= 0.6 is 12.4 Å². The van der Waals surface area contributed by atoms with E-state index in [9.17, 15) is 4.79 Å². The molecule has 0 saturated carbocycles. The minimum Gasteiger partial charge on any atom is -0.352 e. The predicted molar refractivity (Wildman–Crippen MR) is 116 cm³/mol. The highest BCUT2D eigenvalue weighted by molar-refractivity contribution is 5.85. The highest BCUT2D eigenvalue weighted by atomic mass is 35.5. The van der Waals surface area contributed by atoms with Crippen molar-refractivity contribution < 1.29 is 4.79 Å². The molecule has 1 aromatic carbocycles. The topological polar surface area (TPSA) is 59.0 Å². The second-order valence-electron chi connectivity index (χ2n) is 7.39. The van der Waals surface area contributed by atoms with Crippen molar-refractivity contribution in [3.63, 3.8) is 0 Å². The molecule has 5 nitrogen and oxygen atoms in total. The second-order valence-corrected chi connectivity index (χ2v) is 7.39. The number of carbonyl (C=O) groups excluding carboxylic acids is 1. The lowest BCUT2D eigenvalue weighted by atomic mass is 10.1. The van der Waals surface area contributed by atoms with Gasteiger partial charge in [0, 0.05) is 25.2 Å². The van der Waals surface area contributed by atoms with Gasteiger partial charge >= 0.3 is 0 Å². The molecule has 1 aliphatic rings. The van der Waals surface area contributed by atoms with Gasteiger partial charge in [0.15, 0.2) is 0 Å². The lowest BCUT2D eigenvalue weighted by Crippen LogP contribution is -2.29. The molecule has 0 saturated heterocycles. The van der Waals surface area contributed by atoms with E-state index in [2.05, 4.69) is 54.8 Å². The van der Waals surface area contributed by atoms with E-state index in [4.69, 9.17) is 5.10 Å². The molecule has 1 amide bonds. The van der Waals surface area contributed by atoms with Crippen LogP contribution in [0, 0.1) is 20.8 Å². The highest BCUT2D eigenvalue weighted by Crippen LogP contribution is 2.17. The molecule has 2 N–H and O–H groups in total. The predicted octanol–water partition coefficient (Wildman–Crippen LogP) is 3.25. The van der Waals surface area contributed by atoms with E-state index in [0.717, 1.165) is 43.9 Å². The van der Waals surface area contributed by atoms with Gasteiger partial charge in [0.25, 0.3) is 0 Å². The summed E-state index contributed by atoms with van der Waals surface area (Å²) < 4.78 is 2.05. The fourth-order valence-electron chi connectivity index (χ4n) is 3.49. The van der Waals surface area contributed by atoms with Gasteiger partial charge in [-0.3, -0.25) is 9.48 Å². The van der Waals surface area contributed by atoms with Crippen molar-refractivity contribution in [1.82, 2.24) is 20.4 Å². The molecule has 1 aromatic heterocycles. The standard InChI is InChI=1S/C22H30N4O.ClH/c1-16-4-6-20(7-5-16)15-26-18(3)21(17(2)25-26)8-9-22(27)24-14-19-10-12-23-13-11-19;/h4-7,10,23H,8-9,11-15H2,1-3H3,(H,24,27);1H. The number of aromatic nitrogens is 2. The molecule has 3 rings (SSSR count). The Bertz CT molecular complexity index is 824. The quantitative estimate of drug-likeness (QED) is 0.699. The lowest BCUT2D eigenvalue weighted by Gasteiger charge is -2.14. The minimum absolute atomic E-state index is 0. The van der Waals surface area contributed by atoms with E-state index in [0.29, 0.717) is 13.0 Å². The first-order valence-corrected chi connectivity index (χ1v) is 9.76. The number of carbonyl (C=O) groups is 1. The van der Waals surface area contributed by atoms with Crippen LogP contribution in [0.25, 0.3) is 0 Å². The van der Waals surface area contributed by atoms with Gasteiger partial charge in [-0.1, -0.05) is 41.5 Å². The van der Waals surface area contributed by atoms with Crippen LogP contribution in [0.4, 0.5) is 0 Å². The lowest BCUT2D eigenvalue weighted by molar-refractivity contribution is -0.120. The fraction of sp³-hybridized carbons (Fsp3) is 0.455. The molecule has 152 valence electrons. The SMILES string of the molecule is Cc1ccc(Cn2nc(C)c(CCC(=O)NCC3=CCNCC3)c2C)cc1.Cl. The third-order valence-electron chi connectivity index (χ3n) is 5.26. The highest BCUT2D eigenvalue weighted by Gasteiger charge is 2.14. The van der Waals surface area contributed by atoms with Gasteiger partial charge in [-0.15, -0.1) is 12.4 Å². The first kappa shape index (κ1) is 22.2. The Labute approximate surface area is 174 Å². The molecule has 2 heterocycles. The van der Waals surface area contributed by atoms with E-state index < -0.39 is 0 Å². The number of aryl methyl sites for hydroxylation is 2. The average molecular weight is 403 g/mol. The summed E-state index contributed by atoms with van der Waals surface area (Å²) in [6.07, 6.45) is 4.43. The molecule has 6 heteroatoms. The zero-order valence-corrected chi connectivity index (χ0v) is 17.9. The normalized spacial score (nSPS) is 13.6. The summed E-state index contributed by atoms with van der Waals surface area (Å²) in [6, 6.07) is 8.55. The number of hydrogen-bond acceptors (Lipinski definition) is 3.